The lowest BCUT2D eigenvalue weighted by molar-refractivity contribution is 0.0585. The number of likely N-dealkylation sites (tertiary alicyclic amines) is 1. The number of carbonyl (C=O) groups is 1. The molecular weight excluding hydrogens is 290 g/mol. The largest absolute Gasteiger partial charge is 0.490 e. The molecule has 1 saturated heterocycles. The second kappa shape index (κ2) is 6.07. The molecule has 0 atom stereocenters. The highest BCUT2D eigenvalue weighted by Gasteiger charge is 2.30. The van der Waals surface area contributed by atoms with Crippen LogP contribution in [0.15, 0.2) is 42.9 Å². The molecule has 2 aromatic rings. The highest BCUT2D eigenvalue weighted by Crippen LogP contribution is 2.36. The van der Waals surface area contributed by atoms with E-state index >= 15 is 0 Å². The predicted octanol–water partition coefficient (Wildman–Crippen LogP) is 2.90. The standard InChI is InChI=1S/C18H21N3O2/c22-18(17-2-1-11-21(17)14-3-4-14)20-12-7-16(8-13-20)23-15-5-9-19-10-6-15/h1-2,5-6,9-11,14,16H,3-4,7-8,12-13H2. The van der Waals surface area contributed by atoms with Gasteiger partial charge >= 0.3 is 0 Å². The van der Waals surface area contributed by atoms with Gasteiger partial charge in [0.15, 0.2) is 0 Å². The molecule has 1 aliphatic carbocycles. The van der Waals surface area contributed by atoms with E-state index < -0.39 is 0 Å². The van der Waals surface area contributed by atoms with Gasteiger partial charge in [-0.2, -0.15) is 0 Å². The van der Waals surface area contributed by atoms with E-state index in [1.165, 1.54) is 12.8 Å². The molecule has 1 aliphatic heterocycles. The molecule has 2 fully saturated rings. The number of pyridine rings is 1. The first-order valence-electron chi connectivity index (χ1n) is 8.34. The Hall–Kier alpha value is -2.30. The van der Waals surface area contributed by atoms with Crippen LogP contribution in [0.5, 0.6) is 5.75 Å². The fourth-order valence-corrected chi connectivity index (χ4v) is 3.19. The van der Waals surface area contributed by atoms with E-state index in [1.54, 1.807) is 12.4 Å². The number of rotatable bonds is 4. The zero-order valence-electron chi connectivity index (χ0n) is 13.1. The third kappa shape index (κ3) is 3.09. The lowest BCUT2D eigenvalue weighted by atomic mass is 10.1. The number of hydrogen-bond acceptors (Lipinski definition) is 3. The molecule has 0 bridgehead atoms. The summed E-state index contributed by atoms with van der Waals surface area (Å²) in [7, 11) is 0. The minimum atomic E-state index is 0.157. The van der Waals surface area contributed by atoms with Gasteiger partial charge in [-0.05, 0) is 37.1 Å². The first kappa shape index (κ1) is 14.3. The Morgan fingerprint density at radius 1 is 1.09 bits per heavy atom. The number of amides is 1. The number of ether oxygens (including phenoxy) is 1. The van der Waals surface area contributed by atoms with E-state index in [0.29, 0.717) is 6.04 Å². The molecule has 23 heavy (non-hydrogen) atoms. The van der Waals surface area contributed by atoms with Gasteiger partial charge in [-0.1, -0.05) is 0 Å². The molecule has 120 valence electrons. The second-order valence-corrected chi connectivity index (χ2v) is 6.32. The molecule has 2 aromatic heterocycles. The van der Waals surface area contributed by atoms with E-state index in [-0.39, 0.29) is 12.0 Å². The van der Waals surface area contributed by atoms with Crippen LogP contribution in [-0.2, 0) is 0 Å². The minimum absolute atomic E-state index is 0.157. The maximum Gasteiger partial charge on any atom is 0.270 e. The summed E-state index contributed by atoms with van der Waals surface area (Å²) in [4.78, 5) is 18.7. The van der Waals surface area contributed by atoms with Crippen molar-refractivity contribution in [2.24, 2.45) is 0 Å². The van der Waals surface area contributed by atoms with Crippen molar-refractivity contribution >= 4 is 5.91 Å². The summed E-state index contributed by atoms with van der Waals surface area (Å²) in [5, 5.41) is 0. The first-order valence-corrected chi connectivity index (χ1v) is 8.34. The minimum Gasteiger partial charge on any atom is -0.490 e. The van der Waals surface area contributed by atoms with E-state index in [2.05, 4.69) is 9.55 Å². The monoisotopic (exact) mass is 311 g/mol. The molecule has 5 nitrogen and oxygen atoms in total. The molecular formula is C18H21N3O2. The zero-order valence-corrected chi connectivity index (χ0v) is 13.1. The van der Waals surface area contributed by atoms with Crippen LogP contribution in [0.4, 0.5) is 0 Å². The summed E-state index contributed by atoms with van der Waals surface area (Å²) in [6.07, 6.45) is 9.81. The summed E-state index contributed by atoms with van der Waals surface area (Å²) >= 11 is 0. The smallest absolute Gasteiger partial charge is 0.270 e. The van der Waals surface area contributed by atoms with Crippen molar-refractivity contribution in [1.82, 2.24) is 14.5 Å². The molecule has 0 spiro atoms. The van der Waals surface area contributed by atoms with Crippen molar-refractivity contribution in [2.75, 3.05) is 13.1 Å². The van der Waals surface area contributed by atoms with Gasteiger partial charge in [-0.25, -0.2) is 0 Å². The van der Waals surface area contributed by atoms with Crippen LogP contribution in [0, 0.1) is 0 Å². The van der Waals surface area contributed by atoms with Crippen molar-refractivity contribution in [3.63, 3.8) is 0 Å². The Labute approximate surface area is 135 Å². The quantitative estimate of drug-likeness (QED) is 0.872. The summed E-state index contributed by atoms with van der Waals surface area (Å²) < 4.78 is 8.10. The van der Waals surface area contributed by atoms with Gasteiger partial charge in [0.1, 0.15) is 17.5 Å². The van der Waals surface area contributed by atoms with Gasteiger partial charge < -0.3 is 14.2 Å². The van der Waals surface area contributed by atoms with E-state index in [9.17, 15) is 4.79 Å². The van der Waals surface area contributed by atoms with Crippen LogP contribution in [0.2, 0.25) is 0 Å². The number of hydrogen-bond donors (Lipinski definition) is 0. The topological polar surface area (TPSA) is 47.4 Å². The van der Waals surface area contributed by atoms with Gasteiger partial charge in [0.05, 0.1) is 0 Å². The van der Waals surface area contributed by atoms with Crippen molar-refractivity contribution in [3.05, 3.63) is 48.5 Å². The molecule has 0 N–H and O–H groups in total. The fourth-order valence-electron chi connectivity index (χ4n) is 3.19. The van der Waals surface area contributed by atoms with Crippen LogP contribution < -0.4 is 4.74 Å². The molecule has 3 heterocycles. The van der Waals surface area contributed by atoms with Crippen molar-refractivity contribution in [3.8, 4) is 5.75 Å². The summed E-state index contributed by atoms with van der Waals surface area (Å²) in [6.45, 7) is 1.51. The van der Waals surface area contributed by atoms with E-state index in [1.807, 2.05) is 35.4 Å². The lowest BCUT2D eigenvalue weighted by Gasteiger charge is -2.32. The van der Waals surface area contributed by atoms with E-state index in [4.69, 9.17) is 4.74 Å². The van der Waals surface area contributed by atoms with Gasteiger partial charge in [0.2, 0.25) is 0 Å². The maximum absolute atomic E-state index is 12.7. The number of nitrogens with zero attached hydrogens (tertiary/aromatic N) is 3. The molecule has 0 aromatic carbocycles. The van der Waals surface area contributed by atoms with Gasteiger partial charge in [0.25, 0.3) is 5.91 Å². The van der Waals surface area contributed by atoms with Gasteiger partial charge in [-0.3, -0.25) is 9.78 Å². The highest BCUT2D eigenvalue weighted by molar-refractivity contribution is 5.93. The molecule has 1 saturated carbocycles. The Bertz CT molecular complexity index is 671. The molecule has 4 rings (SSSR count). The van der Waals surface area contributed by atoms with Gasteiger partial charge in [-0.15, -0.1) is 0 Å². The molecule has 0 radical (unpaired) electrons. The van der Waals surface area contributed by atoms with E-state index in [0.717, 1.165) is 37.4 Å². The molecule has 2 aliphatic rings. The molecule has 0 unspecified atom stereocenters. The average molecular weight is 311 g/mol. The summed E-state index contributed by atoms with van der Waals surface area (Å²) in [5.74, 6) is 1.01. The predicted molar refractivity (Wildman–Crippen MR) is 86.5 cm³/mol. The van der Waals surface area contributed by atoms with Crippen molar-refractivity contribution in [1.29, 1.82) is 0 Å². The number of piperidine rings is 1. The normalized spacial score (nSPS) is 18.9. The highest BCUT2D eigenvalue weighted by atomic mass is 16.5. The lowest BCUT2D eigenvalue weighted by Crippen LogP contribution is -2.42. The Morgan fingerprint density at radius 2 is 1.83 bits per heavy atom. The Morgan fingerprint density at radius 3 is 2.52 bits per heavy atom. The van der Waals surface area contributed by atoms with Crippen molar-refractivity contribution < 1.29 is 9.53 Å². The van der Waals surface area contributed by atoms with Gasteiger partial charge in [0, 0.05) is 50.6 Å². The van der Waals surface area contributed by atoms with Crippen LogP contribution in [0.1, 0.15) is 42.2 Å². The number of aromatic nitrogens is 2. The Balaban J connectivity index is 1.35. The van der Waals surface area contributed by atoms with Crippen LogP contribution >= 0.6 is 0 Å². The SMILES string of the molecule is O=C(c1cccn1C1CC1)N1CCC(Oc2ccncc2)CC1. The number of carbonyl (C=O) groups excluding carboxylic acids is 1. The van der Waals surface area contributed by atoms with Crippen molar-refractivity contribution in [2.45, 2.75) is 37.8 Å². The third-order valence-electron chi connectivity index (χ3n) is 4.62. The first-order chi connectivity index (χ1) is 11.3. The molecule has 5 heteroatoms. The molecule has 1 amide bonds. The Kier molecular flexibility index (Phi) is 3.77. The third-order valence-corrected chi connectivity index (χ3v) is 4.62. The fraction of sp³-hybridized carbons (Fsp3) is 0.444. The summed E-state index contributed by atoms with van der Waals surface area (Å²) in [6, 6.07) is 8.21. The maximum atomic E-state index is 12.7. The van der Waals surface area contributed by atoms with Crippen LogP contribution in [-0.4, -0.2) is 39.6 Å². The summed E-state index contributed by atoms with van der Waals surface area (Å²) in [5.41, 5.74) is 0.834. The van der Waals surface area contributed by atoms with Crippen LogP contribution in [0.25, 0.3) is 0 Å². The second-order valence-electron chi connectivity index (χ2n) is 6.32. The average Bonchev–Trinajstić information content (AvgIpc) is 3.33. The zero-order chi connectivity index (χ0) is 15.6. The van der Waals surface area contributed by atoms with Crippen LogP contribution in [0.3, 0.4) is 0 Å².